The molecule has 2 N–H and O–H groups in total. The first-order valence-corrected chi connectivity index (χ1v) is 4.58. The van der Waals surface area contributed by atoms with Gasteiger partial charge in [-0.15, -0.1) is 0 Å². The van der Waals surface area contributed by atoms with Crippen molar-refractivity contribution in [2.75, 3.05) is 6.61 Å². The van der Waals surface area contributed by atoms with Gasteiger partial charge >= 0.3 is 5.97 Å². The van der Waals surface area contributed by atoms with Crippen molar-refractivity contribution < 1.29 is 14.3 Å². The molecule has 0 bridgehead atoms. The topological polar surface area (TPSA) is 69.4 Å². The lowest BCUT2D eigenvalue weighted by Gasteiger charge is -1.99. The van der Waals surface area contributed by atoms with Crippen molar-refractivity contribution in [1.29, 1.82) is 0 Å². The Morgan fingerprint density at radius 2 is 2.31 bits per heavy atom. The van der Waals surface area contributed by atoms with Crippen molar-refractivity contribution in [2.45, 2.75) is 6.42 Å². The Balaban J connectivity index is 2.30. The number of ether oxygens (including phenoxy) is 1. The van der Waals surface area contributed by atoms with Crippen LogP contribution in [0.5, 0.6) is 0 Å². The van der Waals surface area contributed by atoms with Gasteiger partial charge in [-0.2, -0.15) is 11.3 Å². The lowest BCUT2D eigenvalue weighted by Crippen LogP contribution is -2.21. The molecule has 0 aromatic carbocycles. The largest absolute Gasteiger partial charge is 0.455 e. The Hall–Kier alpha value is -1.36. The van der Waals surface area contributed by atoms with Crippen LogP contribution in [0.2, 0.25) is 0 Å². The first kappa shape index (κ1) is 9.73. The predicted molar refractivity (Wildman–Crippen MR) is 48.2 cm³/mol. The minimum atomic E-state index is -0.640. The van der Waals surface area contributed by atoms with Gasteiger partial charge in [0.1, 0.15) is 0 Å². The molecule has 13 heavy (non-hydrogen) atoms. The zero-order valence-electron chi connectivity index (χ0n) is 6.86. The van der Waals surface area contributed by atoms with Crippen molar-refractivity contribution in [3.8, 4) is 0 Å². The van der Waals surface area contributed by atoms with E-state index in [1.165, 1.54) is 11.3 Å². The molecular formula is C8H9NO3S. The molecule has 1 rings (SSSR count). The van der Waals surface area contributed by atoms with Crippen molar-refractivity contribution in [2.24, 2.45) is 5.73 Å². The van der Waals surface area contributed by atoms with E-state index in [1.54, 1.807) is 0 Å². The Bertz CT molecular complexity index is 294. The maximum Gasteiger partial charge on any atom is 0.310 e. The van der Waals surface area contributed by atoms with Gasteiger partial charge in [0.05, 0.1) is 6.42 Å². The zero-order chi connectivity index (χ0) is 9.68. The highest BCUT2D eigenvalue weighted by Gasteiger charge is 2.05. The molecule has 0 aliphatic carbocycles. The summed E-state index contributed by atoms with van der Waals surface area (Å²) in [4.78, 5) is 21.2. The summed E-state index contributed by atoms with van der Waals surface area (Å²) in [7, 11) is 0. The number of nitrogens with two attached hydrogens (primary N) is 1. The number of carbonyl (C=O) groups is 2. The number of hydrogen-bond acceptors (Lipinski definition) is 4. The molecule has 5 heteroatoms. The number of carbonyl (C=O) groups excluding carboxylic acids is 2. The summed E-state index contributed by atoms with van der Waals surface area (Å²) >= 11 is 1.51. The lowest BCUT2D eigenvalue weighted by molar-refractivity contribution is -0.147. The fourth-order valence-electron chi connectivity index (χ4n) is 0.763. The average Bonchev–Trinajstić information content (AvgIpc) is 2.53. The summed E-state index contributed by atoms with van der Waals surface area (Å²) in [5, 5.41) is 3.72. The third-order valence-electron chi connectivity index (χ3n) is 1.30. The minimum absolute atomic E-state index is 0.191. The highest BCUT2D eigenvalue weighted by Crippen LogP contribution is 2.06. The molecule has 0 aliphatic rings. The summed E-state index contributed by atoms with van der Waals surface area (Å²) in [5.74, 6) is -1.07. The van der Waals surface area contributed by atoms with Crippen LogP contribution in [0.3, 0.4) is 0 Å². The van der Waals surface area contributed by atoms with Crippen molar-refractivity contribution in [3.05, 3.63) is 22.4 Å². The van der Waals surface area contributed by atoms with Gasteiger partial charge in [-0.3, -0.25) is 9.59 Å². The third-order valence-corrected chi connectivity index (χ3v) is 2.04. The van der Waals surface area contributed by atoms with Gasteiger partial charge in [-0.05, 0) is 22.4 Å². The Labute approximate surface area is 79.3 Å². The third kappa shape index (κ3) is 3.71. The Morgan fingerprint density at radius 3 is 2.85 bits per heavy atom. The van der Waals surface area contributed by atoms with E-state index in [-0.39, 0.29) is 13.0 Å². The standard InChI is InChI=1S/C8H9NO3S/c9-7(10)4-12-8(11)3-6-1-2-13-5-6/h1-2,5H,3-4H2,(H2,9,10). The predicted octanol–water partition coefficient (Wildman–Crippen LogP) is 0.319. The van der Waals surface area contributed by atoms with E-state index >= 15 is 0 Å². The molecule has 0 saturated heterocycles. The molecule has 0 fully saturated rings. The number of rotatable bonds is 4. The fourth-order valence-corrected chi connectivity index (χ4v) is 1.43. The van der Waals surface area contributed by atoms with Gasteiger partial charge in [-0.1, -0.05) is 0 Å². The molecule has 70 valence electrons. The van der Waals surface area contributed by atoms with Crippen molar-refractivity contribution in [1.82, 2.24) is 0 Å². The quantitative estimate of drug-likeness (QED) is 0.710. The van der Waals surface area contributed by atoms with Crippen LogP contribution in [0.1, 0.15) is 5.56 Å². The molecule has 0 aliphatic heterocycles. The molecule has 1 aromatic rings. The van der Waals surface area contributed by atoms with E-state index in [1.807, 2.05) is 16.8 Å². The Kier molecular flexibility index (Phi) is 3.45. The van der Waals surface area contributed by atoms with Crippen LogP contribution < -0.4 is 5.73 Å². The van der Waals surface area contributed by atoms with E-state index in [9.17, 15) is 9.59 Å². The van der Waals surface area contributed by atoms with Gasteiger partial charge in [-0.25, -0.2) is 0 Å². The maximum atomic E-state index is 11.0. The Morgan fingerprint density at radius 1 is 1.54 bits per heavy atom. The lowest BCUT2D eigenvalue weighted by atomic mass is 10.2. The van der Waals surface area contributed by atoms with Crippen LogP contribution in [-0.2, 0) is 20.7 Å². The van der Waals surface area contributed by atoms with Gasteiger partial charge in [0.25, 0.3) is 5.91 Å². The van der Waals surface area contributed by atoms with Crippen LogP contribution in [0.15, 0.2) is 16.8 Å². The molecule has 1 aromatic heterocycles. The summed E-state index contributed by atoms with van der Waals surface area (Å²) in [6.07, 6.45) is 0.191. The molecule has 0 saturated carbocycles. The highest BCUT2D eigenvalue weighted by molar-refractivity contribution is 7.07. The van der Waals surface area contributed by atoms with E-state index < -0.39 is 11.9 Å². The van der Waals surface area contributed by atoms with Crippen molar-refractivity contribution >= 4 is 23.2 Å². The molecule has 4 nitrogen and oxygen atoms in total. The highest BCUT2D eigenvalue weighted by atomic mass is 32.1. The minimum Gasteiger partial charge on any atom is -0.455 e. The average molecular weight is 199 g/mol. The van der Waals surface area contributed by atoms with Gasteiger partial charge in [0, 0.05) is 0 Å². The molecule has 0 unspecified atom stereocenters. The van der Waals surface area contributed by atoms with Crippen LogP contribution in [0, 0.1) is 0 Å². The van der Waals surface area contributed by atoms with Crippen LogP contribution in [0.4, 0.5) is 0 Å². The summed E-state index contributed by atoms with van der Waals surface area (Å²) in [6, 6.07) is 1.83. The van der Waals surface area contributed by atoms with E-state index in [2.05, 4.69) is 4.74 Å². The van der Waals surface area contributed by atoms with Crippen molar-refractivity contribution in [3.63, 3.8) is 0 Å². The van der Waals surface area contributed by atoms with Gasteiger partial charge in [0.15, 0.2) is 6.61 Å². The van der Waals surface area contributed by atoms with Gasteiger partial charge < -0.3 is 10.5 Å². The second-order valence-corrected chi connectivity index (χ2v) is 3.22. The van der Waals surface area contributed by atoms with Crippen LogP contribution in [-0.4, -0.2) is 18.5 Å². The molecule has 1 heterocycles. The second kappa shape index (κ2) is 4.61. The van der Waals surface area contributed by atoms with Gasteiger partial charge in [0.2, 0.25) is 0 Å². The molecular weight excluding hydrogens is 190 g/mol. The molecule has 1 amide bonds. The monoisotopic (exact) mass is 199 g/mol. The fraction of sp³-hybridized carbons (Fsp3) is 0.250. The van der Waals surface area contributed by atoms with Crippen LogP contribution >= 0.6 is 11.3 Å². The van der Waals surface area contributed by atoms with E-state index in [0.29, 0.717) is 0 Å². The summed E-state index contributed by atoms with van der Waals surface area (Å²) < 4.78 is 4.57. The number of hydrogen-bond donors (Lipinski definition) is 1. The molecule has 0 radical (unpaired) electrons. The maximum absolute atomic E-state index is 11.0. The summed E-state index contributed by atoms with van der Waals surface area (Å²) in [5.41, 5.74) is 5.69. The zero-order valence-corrected chi connectivity index (χ0v) is 7.67. The van der Waals surface area contributed by atoms with Crippen LogP contribution in [0.25, 0.3) is 0 Å². The summed E-state index contributed by atoms with van der Waals surface area (Å²) in [6.45, 7) is -0.344. The normalized spacial score (nSPS) is 9.54. The second-order valence-electron chi connectivity index (χ2n) is 2.44. The first-order valence-electron chi connectivity index (χ1n) is 3.63. The SMILES string of the molecule is NC(=O)COC(=O)Cc1ccsc1. The van der Waals surface area contributed by atoms with E-state index in [4.69, 9.17) is 5.73 Å². The number of amides is 1. The number of primary amides is 1. The number of esters is 1. The van der Waals surface area contributed by atoms with E-state index in [0.717, 1.165) is 5.56 Å². The smallest absolute Gasteiger partial charge is 0.310 e. The molecule has 0 atom stereocenters. The number of thiophene rings is 1. The molecule has 0 spiro atoms. The first-order chi connectivity index (χ1) is 6.18.